The topological polar surface area (TPSA) is 93.9 Å². The number of esters is 1. The summed E-state index contributed by atoms with van der Waals surface area (Å²) >= 11 is 0. The Balaban J connectivity index is 1.69. The maximum absolute atomic E-state index is 12.1. The van der Waals surface area contributed by atoms with Crippen molar-refractivity contribution < 1.29 is 14.3 Å². The van der Waals surface area contributed by atoms with E-state index in [-0.39, 0.29) is 17.8 Å². The summed E-state index contributed by atoms with van der Waals surface area (Å²) in [6, 6.07) is 8.05. The van der Waals surface area contributed by atoms with Crippen LogP contribution >= 0.6 is 0 Å². The number of carbonyl (C=O) groups is 1. The fraction of sp³-hybridized carbons (Fsp3) is 0.545. The first kappa shape index (κ1) is 22.6. The Hall–Kier alpha value is -3.10. The number of aromatic nitrogens is 3. The fourth-order valence-electron chi connectivity index (χ4n) is 3.71. The van der Waals surface area contributed by atoms with E-state index in [9.17, 15) is 4.79 Å². The lowest BCUT2D eigenvalue weighted by molar-refractivity contribution is -0.145. The van der Waals surface area contributed by atoms with Gasteiger partial charge in [-0.1, -0.05) is 19.1 Å². The number of hydrogen-bond donors (Lipinski definition) is 1. The molecule has 168 valence electrons. The summed E-state index contributed by atoms with van der Waals surface area (Å²) in [5.74, 6) is 3.12. The van der Waals surface area contributed by atoms with E-state index in [4.69, 9.17) is 14.5 Å². The average Bonchev–Trinajstić information content (AvgIpc) is 3.32. The van der Waals surface area contributed by atoms with E-state index in [0.29, 0.717) is 13.1 Å². The third kappa shape index (κ3) is 5.53. The van der Waals surface area contributed by atoms with Gasteiger partial charge >= 0.3 is 5.97 Å². The first-order chi connectivity index (χ1) is 14.9. The molecule has 31 heavy (non-hydrogen) atoms. The monoisotopic (exact) mass is 428 g/mol. The van der Waals surface area contributed by atoms with E-state index in [1.54, 1.807) is 7.11 Å². The Labute approximate surface area is 183 Å². The molecule has 1 aliphatic rings. The highest BCUT2D eigenvalue weighted by Crippen LogP contribution is 2.24. The van der Waals surface area contributed by atoms with Gasteiger partial charge in [-0.05, 0) is 37.0 Å². The van der Waals surface area contributed by atoms with Crippen LogP contribution in [0.3, 0.4) is 0 Å². The van der Waals surface area contributed by atoms with Crippen LogP contribution in [-0.2, 0) is 29.5 Å². The number of carbonyl (C=O) groups excluding carboxylic acids is 1. The number of aliphatic imine (C=N–C) groups is 1. The van der Waals surface area contributed by atoms with Crippen molar-refractivity contribution in [3.8, 4) is 5.75 Å². The minimum atomic E-state index is -0.170. The van der Waals surface area contributed by atoms with Gasteiger partial charge < -0.3 is 24.3 Å². The minimum Gasteiger partial charge on any atom is -0.497 e. The van der Waals surface area contributed by atoms with Gasteiger partial charge in [0.2, 0.25) is 0 Å². The summed E-state index contributed by atoms with van der Waals surface area (Å²) in [6.07, 6.45) is 0.843. The van der Waals surface area contributed by atoms with Crippen molar-refractivity contribution in [2.24, 2.45) is 23.9 Å². The Morgan fingerprint density at radius 1 is 1.23 bits per heavy atom. The molecule has 9 heteroatoms. The third-order valence-corrected chi connectivity index (χ3v) is 5.82. The standard InChI is InChI=1S/C22H32N6O3/c1-15-13-28(14-19(15)21(29)31-5)22(24-12-20-26-25-16(2)27(20)3)23-11-10-17-6-8-18(30-4)9-7-17/h6-9,15,19H,10-14H2,1-5H3,(H,23,24). The summed E-state index contributed by atoms with van der Waals surface area (Å²) in [6.45, 7) is 6.44. The second-order valence-corrected chi connectivity index (χ2v) is 7.90. The molecule has 3 rings (SSSR count). The molecule has 2 atom stereocenters. The smallest absolute Gasteiger partial charge is 0.310 e. The number of nitrogens with zero attached hydrogens (tertiary/aromatic N) is 5. The molecule has 2 aromatic rings. The van der Waals surface area contributed by atoms with E-state index in [1.807, 2.05) is 30.7 Å². The van der Waals surface area contributed by atoms with Gasteiger partial charge in [0, 0.05) is 26.7 Å². The van der Waals surface area contributed by atoms with Crippen LogP contribution in [-0.4, -0.2) is 65.4 Å². The van der Waals surface area contributed by atoms with Gasteiger partial charge in [0.05, 0.1) is 20.1 Å². The molecule has 1 saturated heterocycles. The van der Waals surface area contributed by atoms with Crippen LogP contribution in [0.5, 0.6) is 5.75 Å². The fourth-order valence-corrected chi connectivity index (χ4v) is 3.71. The molecule has 2 heterocycles. The molecular formula is C22H32N6O3. The van der Waals surface area contributed by atoms with Gasteiger partial charge in [-0.25, -0.2) is 4.99 Å². The summed E-state index contributed by atoms with van der Waals surface area (Å²) in [5, 5.41) is 11.8. The van der Waals surface area contributed by atoms with Crippen LogP contribution in [0.4, 0.5) is 0 Å². The van der Waals surface area contributed by atoms with E-state index >= 15 is 0 Å². The van der Waals surface area contributed by atoms with Gasteiger partial charge in [0.25, 0.3) is 0 Å². The van der Waals surface area contributed by atoms with Gasteiger partial charge in [0.1, 0.15) is 18.1 Å². The minimum absolute atomic E-state index is 0.157. The van der Waals surface area contributed by atoms with Crippen LogP contribution in [0.1, 0.15) is 24.1 Å². The average molecular weight is 429 g/mol. The highest BCUT2D eigenvalue weighted by atomic mass is 16.5. The number of rotatable bonds is 7. The first-order valence-electron chi connectivity index (χ1n) is 10.5. The molecular weight excluding hydrogens is 396 g/mol. The number of aryl methyl sites for hydroxylation is 1. The van der Waals surface area contributed by atoms with Crippen LogP contribution in [0.15, 0.2) is 29.3 Å². The summed E-state index contributed by atoms with van der Waals surface area (Å²) in [7, 11) is 5.04. The Morgan fingerprint density at radius 3 is 2.58 bits per heavy atom. The lowest BCUT2D eigenvalue weighted by Gasteiger charge is -2.22. The van der Waals surface area contributed by atoms with Crippen LogP contribution in [0.25, 0.3) is 0 Å². The second kappa shape index (κ2) is 10.3. The highest BCUT2D eigenvalue weighted by Gasteiger charge is 2.37. The molecule has 2 unspecified atom stereocenters. The summed E-state index contributed by atoms with van der Waals surface area (Å²) in [5.41, 5.74) is 1.21. The zero-order chi connectivity index (χ0) is 22.4. The molecule has 9 nitrogen and oxygen atoms in total. The third-order valence-electron chi connectivity index (χ3n) is 5.82. The Bertz CT molecular complexity index is 908. The molecule has 0 bridgehead atoms. The van der Waals surface area contributed by atoms with Gasteiger partial charge in [0.15, 0.2) is 11.8 Å². The van der Waals surface area contributed by atoms with Crippen molar-refractivity contribution in [1.29, 1.82) is 0 Å². The van der Waals surface area contributed by atoms with E-state index < -0.39 is 0 Å². The Morgan fingerprint density at radius 2 is 1.97 bits per heavy atom. The number of hydrogen-bond acceptors (Lipinski definition) is 6. The zero-order valence-electron chi connectivity index (χ0n) is 19.0. The summed E-state index contributed by atoms with van der Waals surface area (Å²) in [4.78, 5) is 19.1. The van der Waals surface area contributed by atoms with E-state index in [1.165, 1.54) is 12.7 Å². The molecule has 0 radical (unpaired) electrons. The Kier molecular flexibility index (Phi) is 7.49. The normalized spacial score (nSPS) is 18.9. The SMILES string of the molecule is COC(=O)C1CN(C(=NCc2nnc(C)n2C)NCCc2ccc(OC)cc2)CC1C. The summed E-state index contributed by atoms with van der Waals surface area (Å²) < 4.78 is 12.1. The van der Waals surface area contributed by atoms with E-state index in [0.717, 1.165) is 42.9 Å². The lowest BCUT2D eigenvalue weighted by atomic mass is 9.99. The number of nitrogens with one attached hydrogen (secondary N) is 1. The molecule has 0 aliphatic carbocycles. The predicted octanol–water partition coefficient (Wildman–Crippen LogP) is 1.56. The molecule has 0 amide bonds. The molecule has 0 spiro atoms. The van der Waals surface area contributed by atoms with Gasteiger partial charge in [-0.15, -0.1) is 10.2 Å². The zero-order valence-corrected chi connectivity index (χ0v) is 19.0. The van der Waals surface area contributed by atoms with Crippen molar-refractivity contribution in [2.45, 2.75) is 26.8 Å². The number of likely N-dealkylation sites (tertiary alicyclic amines) is 1. The van der Waals surface area contributed by atoms with Crippen molar-refractivity contribution in [2.75, 3.05) is 33.9 Å². The van der Waals surface area contributed by atoms with Crippen LogP contribution in [0, 0.1) is 18.8 Å². The van der Waals surface area contributed by atoms with Crippen molar-refractivity contribution in [3.63, 3.8) is 0 Å². The maximum atomic E-state index is 12.1. The second-order valence-electron chi connectivity index (χ2n) is 7.90. The highest BCUT2D eigenvalue weighted by molar-refractivity contribution is 5.82. The number of benzene rings is 1. The van der Waals surface area contributed by atoms with Gasteiger partial charge in [-0.3, -0.25) is 4.79 Å². The number of ether oxygens (including phenoxy) is 2. The molecule has 1 N–H and O–H groups in total. The molecule has 1 aromatic carbocycles. The van der Waals surface area contributed by atoms with Crippen LogP contribution < -0.4 is 10.1 Å². The lowest BCUT2D eigenvalue weighted by Crippen LogP contribution is -2.41. The molecule has 1 fully saturated rings. The molecule has 1 aromatic heterocycles. The quantitative estimate of drug-likeness (QED) is 0.406. The van der Waals surface area contributed by atoms with Crippen molar-refractivity contribution in [1.82, 2.24) is 25.0 Å². The van der Waals surface area contributed by atoms with Crippen molar-refractivity contribution in [3.05, 3.63) is 41.5 Å². The van der Waals surface area contributed by atoms with Gasteiger partial charge in [-0.2, -0.15) is 0 Å². The maximum Gasteiger partial charge on any atom is 0.310 e. The molecule has 0 saturated carbocycles. The first-order valence-corrected chi connectivity index (χ1v) is 10.5. The van der Waals surface area contributed by atoms with E-state index in [2.05, 4.69) is 39.5 Å². The van der Waals surface area contributed by atoms with Crippen molar-refractivity contribution >= 4 is 11.9 Å². The number of methoxy groups -OCH3 is 2. The largest absolute Gasteiger partial charge is 0.497 e. The molecule has 1 aliphatic heterocycles. The number of guanidine groups is 1. The predicted molar refractivity (Wildman–Crippen MR) is 118 cm³/mol. The van der Waals surface area contributed by atoms with Crippen LogP contribution in [0.2, 0.25) is 0 Å².